The Morgan fingerprint density at radius 3 is 2.26 bits per heavy atom. The van der Waals surface area contributed by atoms with Crippen LogP contribution in [0.2, 0.25) is 0 Å². The number of nitrogens with one attached hydrogen (secondary N) is 2. The average Bonchev–Trinajstić information content (AvgIpc) is 3.04. The van der Waals surface area contributed by atoms with Gasteiger partial charge in [0.1, 0.15) is 17.6 Å². The van der Waals surface area contributed by atoms with Crippen molar-refractivity contribution in [2.75, 3.05) is 13.7 Å². The molecule has 47 heavy (non-hydrogen) atoms. The lowest BCUT2D eigenvalue weighted by Gasteiger charge is -2.26. The van der Waals surface area contributed by atoms with Gasteiger partial charge in [-0.25, -0.2) is 0 Å². The van der Waals surface area contributed by atoms with Crippen molar-refractivity contribution in [3.05, 3.63) is 102 Å². The number of rotatable bonds is 21. The molecular formula is C42H62N2O3. The fourth-order valence-corrected chi connectivity index (χ4v) is 6.19. The Morgan fingerprint density at radius 2 is 1.66 bits per heavy atom. The summed E-state index contributed by atoms with van der Waals surface area (Å²) < 4.78 is 5.44. The van der Waals surface area contributed by atoms with Crippen molar-refractivity contribution < 1.29 is 14.3 Å². The van der Waals surface area contributed by atoms with Crippen LogP contribution in [-0.2, 0) is 16.0 Å². The molecule has 2 aromatic carbocycles. The SMILES string of the molecule is C=C(/C=C/CCC(C)C(C)[C@@H](C)c1ccccc1)N[C@H](Cc1ccc(OC)c(C)c1)C(=O)NCC(C)C(=C)CC(CC(C)C)C(C)=O. The molecule has 5 nitrogen and oxygen atoms in total. The van der Waals surface area contributed by atoms with Crippen molar-refractivity contribution in [2.24, 2.45) is 29.6 Å². The zero-order chi connectivity index (χ0) is 35.1. The summed E-state index contributed by atoms with van der Waals surface area (Å²) in [5.41, 5.74) is 5.17. The second kappa shape index (κ2) is 19.9. The highest BCUT2D eigenvalue weighted by Crippen LogP contribution is 2.32. The molecule has 2 N–H and O–H groups in total. The number of Topliss-reactive ketones (excluding diaryl/α,β-unsaturated/α-hetero) is 1. The number of allylic oxidation sites excluding steroid dienone is 2. The standard InChI is InChI=1S/C42H62N2O3/c1-28(2)23-39(36(10)45)25-30(4)32(6)27-43-42(46)40(26-37-21-22-41(47-11)31(5)24-37)44-33(7)18-16-15-17-29(3)34(8)35(9)38-19-13-12-14-20-38/h12-14,16,18-22,24,28-29,32,34-35,39-40,44H,4,7,15,17,23,25-27H2,1-3,5-6,8-11H3,(H,43,46)/b18-16+/t29?,32?,34?,35-,39?,40-/m1/s1. The topological polar surface area (TPSA) is 67.4 Å². The largest absolute Gasteiger partial charge is 0.496 e. The average molecular weight is 643 g/mol. The molecule has 0 saturated carbocycles. The molecule has 0 heterocycles. The zero-order valence-electron chi connectivity index (χ0n) is 30.7. The number of aryl methyl sites for hydroxylation is 1. The third-order valence-corrected chi connectivity index (χ3v) is 9.81. The fourth-order valence-electron chi connectivity index (χ4n) is 6.19. The Kier molecular flexibility index (Phi) is 16.8. The molecule has 2 rings (SSSR count). The summed E-state index contributed by atoms with van der Waals surface area (Å²) in [7, 11) is 1.66. The minimum atomic E-state index is -0.503. The lowest BCUT2D eigenvalue weighted by atomic mass is 9.79. The molecule has 5 heteroatoms. The van der Waals surface area contributed by atoms with Gasteiger partial charge in [-0.3, -0.25) is 9.59 Å². The Balaban J connectivity index is 2.03. The van der Waals surface area contributed by atoms with E-state index < -0.39 is 6.04 Å². The second-order valence-electron chi connectivity index (χ2n) is 14.2. The summed E-state index contributed by atoms with van der Waals surface area (Å²) in [6.45, 7) is 26.0. The van der Waals surface area contributed by atoms with Crippen LogP contribution in [0, 0.1) is 36.5 Å². The van der Waals surface area contributed by atoms with Gasteiger partial charge in [-0.1, -0.05) is 109 Å². The summed E-state index contributed by atoms with van der Waals surface area (Å²) in [6, 6.07) is 16.3. The van der Waals surface area contributed by atoms with E-state index in [-0.39, 0.29) is 23.5 Å². The molecule has 1 amide bonds. The summed E-state index contributed by atoms with van der Waals surface area (Å²) in [4.78, 5) is 25.9. The molecule has 0 aliphatic carbocycles. The predicted octanol–water partition coefficient (Wildman–Crippen LogP) is 9.38. The van der Waals surface area contributed by atoms with Gasteiger partial charge in [-0.15, -0.1) is 0 Å². The highest BCUT2D eigenvalue weighted by atomic mass is 16.5. The van der Waals surface area contributed by atoms with E-state index in [4.69, 9.17) is 4.74 Å². The lowest BCUT2D eigenvalue weighted by Crippen LogP contribution is -2.46. The van der Waals surface area contributed by atoms with Crippen LogP contribution in [-0.4, -0.2) is 31.4 Å². The number of hydrogen-bond donors (Lipinski definition) is 2. The van der Waals surface area contributed by atoms with Crippen LogP contribution < -0.4 is 15.4 Å². The molecule has 0 fully saturated rings. The quantitative estimate of drug-likeness (QED) is 0.105. The zero-order valence-corrected chi connectivity index (χ0v) is 30.7. The number of carbonyl (C=O) groups is 2. The van der Waals surface area contributed by atoms with Crippen molar-refractivity contribution in [1.82, 2.24) is 10.6 Å². The first-order chi connectivity index (χ1) is 22.2. The Labute approximate surface area is 286 Å². The van der Waals surface area contributed by atoms with Gasteiger partial charge in [0.05, 0.1) is 7.11 Å². The van der Waals surface area contributed by atoms with Crippen LogP contribution in [0.25, 0.3) is 0 Å². The molecule has 0 aromatic heterocycles. The number of carbonyl (C=O) groups excluding carboxylic acids is 2. The molecule has 0 bridgehead atoms. The third-order valence-electron chi connectivity index (χ3n) is 9.81. The van der Waals surface area contributed by atoms with E-state index in [0.717, 1.165) is 41.7 Å². The third kappa shape index (κ3) is 13.6. The number of benzene rings is 2. The van der Waals surface area contributed by atoms with Crippen LogP contribution in [0.1, 0.15) is 96.8 Å². The highest BCUT2D eigenvalue weighted by molar-refractivity contribution is 5.82. The van der Waals surface area contributed by atoms with Gasteiger partial charge in [-0.2, -0.15) is 0 Å². The molecule has 0 aliphatic rings. The van der Waals surface area contributed by atoms with Gasteiger partial charge in [0.2, 0.25) is 5.91 Å². The predicted molar refractivity (Wildman–Crippen MR) is 199 cm³/mol. The van der Waals surface area contributed by atoms with Crippen molar-refractivity contribution in [1.29, 1.82) is 0 Å². The molecule has 4 unspecified atom stereocenters. The monoisotopic (exact) mass is 642 g/mol. The Hall–Kier alpha value is -3.60. The molecule has 258 valence electrons. The molecule has 6 atom stereocenters. The van der Waals surface area contributed by atoms with E-state index in [9.17, 15) is 9.59 Å². The molecule has 0 spiro atoms. The summed E-state index contributed by atoms with van der Waals surface area (Å²) >= 11 is 0. The molecule has 0 radical (unpaired) electrons. The minimum absolute atomic E-state index is 0.0260. The van der Waals surface area contributed by atoms with E-state index in [1.165, 1.54) is 5.56 Å². The van der Waals surface area contributed by atoms with Crippen molar-refractivity contribution in [3.63, 3.8) is 0 Å². The van der Waals surface area contributed by atoms with Gasteiger partial charge in [0.15, 0.2) is 0 Å². The van der Waals surface area contributed by atoms with Crippen molar-refractivity contribution in [3.8, 4) is 5.75 Å². The highest BCUT2D eigenvalue weighted by Gasteiger charge is 2.23. The first-order valence-electron chi connectivity index (χ1n) is 17.5. The molecule has 0 saturated heterocycles. The Morgan fingerprint density at radius 1 is 0.979 bits per heavy atom. The maximum atomic E-state index is 13.6. The number of methoxy groups -OCH3 is 1. The van der Waals surface area contributed by atoms with Crippen LogP contribution >= 0.6 is 0 Å². The minimum Gasteiger partial charge on any atom is -0.496 e. The number of ketones is 1. The van der Waals surface area contributed by atoms with Gasteiger partial charge < -0.3 is 15.4 Å². The van der Waals surface area contributed by atoms with E-state index in [1.807, 2.05) is 25.1 Å². The van der Waals surface area contributed by atoms with Crippen LogP contribution in [0.15, 0.2) is 85.1 Å². The smallest absolute Gasteiger partial charge is 0.242 e. The molecule has 0 aliphatic heterocycles. The first kappa shape index (κ1) is 39.6. The summed E-state index contributed by atoms with van der Waals surface area (Å²) in [6.07, 6.45) is 8.19. The van der Waals surface area contributed by atoms with Crippen molar-refractivity contribution in [2.45, 2.75) is 99.5 Å². The normalized spacial score (nSPS) is 15.4. The number of amides is 1. The van der Waals surface area contributed by atoms with E-state index in [1.54, 1.807) is 14.0 Å². The Bertz CT molecular complexity index is 1330. The van der Waals surface area contributed by atoms with E-state index >= 15 is 0 Å². The summed E-state index contributed by atoms with van der Waals surface area (Å²) in [5, 5.41) is 6.55. The lowest BCUT2D eigenvalue weighted by molar-refractivity contribution is -0.123. The number of hydrogen-bond acceptors (Lipinski definition) is 4. The van der Waals surface area contributed by atoms with Gasteiger partial charge in [0.25, 0.3) is 0 Å². The first-order valence-corrected chi connectivity index (χ1v) is 17.5. The van der Waals surface area contributed by atoms with Gasteiger partial charge >= 0.3 is 0 Å². The van der Waals surface area contributed by atoms with E-state index in [0.29, 0.717) is 48.8 Å². The summed E-state index contributed by atoms with van der Waals surface area (Å²) in [5.74, 6) is 3.04. The maximum absolute atomic E-state index is 13.6. The molecule has 2 aromatic rings. The second-order valence-corrected chi connectivity index (χ2v) is 14.2. The van der Waals surface area contributed by atoms with Crippen LogP contribution in [0.4, 0.5) is 0 Å². The van der Waals surface area contributed by atoms with Crippen molar-refractivity contribution >= 4 is 11.7 Å². The van der Waals surface area contributed by atoms with E-state index in [2.05, 4.69) is 108 Å². The fraction of sp³-hybridized carbons (Fsp3) is 0.524. The van der Waals surface area contributed by atoms with Crippen LogP contribution in [0.5, 0.6) is 5.75 Å². The molecular weight excluding hydrogens is 580 g/mol. The number of ether oxygens (including phenoxy) is 1. The van der Waals surface area contributed by atoms with Gasteiger partial charge in [-0.05, 0) is 98.0 Å². The maximum Gasteiger partial charge on any atom is 0.242 e. The van der Waals surface area contributed by atoms with Gasteiger partial charge in [0, 0.05) is 24.6 Å². The van der Waals surface area contributed by atoms with Crippen LogP contribution in [0.3, 0.4) is 0 Å².